The van der Waals surface area contributed by atoms with E-state index in [0.29, 0.717) is 12.1 Å². The summed E-state index contributed by atoms with van der Waals surface area (Å²) in [5, 5.41) is 8.40. The molecule has 0 spiro atoms. The minimum Gasteiger partial charge on any atom is -0.298 e. The van der Waals surface area contributed by atoms with Gasteiger partial charge < -0.3 is 0 Å². The van der Waals surface area contributed by atoms with E-state index < -0.39 is 0 Å². The van der Waals surface area contributed by atoms with E-state index in [9.17, 15) is 0 Å². The lowest BCUT2D eigenvalue weighted by Crippen LogP contribution is -2.48. The van der Waals surface area contributed by atoms with Gasteiger partial charge in [-0.2, -0.15) is 0 Å². The molecule has 18 heavy (non-hydrogen) atoms. The van der Waals surface area contributed by atoms with Crippen LogP contribution in [0.1, 0.15) is 39.4 Å². The average Bonchev–Trinajstić information content (AvgIpc) is 2.78. The van der Waals surface area contributed by atoms with Crippen LogP contribution in [-0.2, 0) is 6.54 Å². The van der Waals surface area contributed by atoms with Gasteiger partial charge in [0.05, 0.1) is 11.9 Å². The number of piperazine rings is 1. The molecule has 0 saturated carbocycles. The van der Waals surface area contributed by atoms with Gasteiger partial charge in [-0.25, -0.2) is 4.68 Å². The third-order valence-corrected chi connectivity index (χ3v) is 3.61. The Morgan fingerprint density at radius 3 is 2.22 bits per heavy atom. The molecule has 0 aromatic carbocycles. The number of nitrogens with zero attached hydrogens (tertiary/aromatic N) is 5. The normalized spacial score (nSPS) is 19.0. The maximum absolute atomic E-state index is 4.24. The summed E-state index contributed by atoms with van der Waals surface area (Å²) in [6.45, 7) is 14.3. The Balaban J connectivity index is 1.84. The maximum Gasteiger partial charge on any atom is 0.0967 e. The van der Waals surface area contributed by atoms with Crippen molar-refractivity contribution >= 4 is 0 Å². The van der Waals surface area contributed by atoms with Crippen molar-refractivity contribution in [1.82, 2.24) is 24.8 Å². The third-order valence-electron chi connectivity index (χ3n) is 3.61. The van der Waals surface area contributed by atoms with Crippen LogP contribution in [0.3, 0.4) is 0 Å². The predicted molar refractivity (Wildman–Crippen MR) is 72.4 cm³/mol. The lowest BCUT2D eigenvalue weighted by atomic mass is 10.2. The van der Waals surface area contributed by atoms with Crippen molar-refractivity contribution in [2.45, 2.75) is 46.3 Å². The summed E-state index contributed by atoms with van der Waals surface area (Å²) in [5.41, 5.74) is 1.08. The summed E-state index contributed by atoms with van der Waals surface area (Å²) in [4.78, 5) is 5.00. The van der Waals surface area contributed by atoms with E-state index in [0.717, 1.165) is 38.4 Å². The highest BCUT2D eigenvalue weighted by atomic mass is 15.4. The van der Waals surface area contributed by atoms with Crippen LogP contribution in [0, 0.1) is 0 Å². The highest BCUT2D eigenvalue weighted by Crippen LogP contribution is 2.10. The molecule has 5 nitrogen and oxygen atoms in total. The Labute approximate surface area is 110 Å². The molecule has 0 radical (unpaired) electrons. The second-order valence-electron chi connectivity index (χ2n) is 5.69. The van der Waals surface area contributed by atoms with Gasteiger partial charge in [0.15, 0.2) is 0 Å². The van der Waals surface area contributed by atoms with Gasteiger partial charge in [0.1, 0.15) is 0 Å². The summed E-state index contributed by atoms with van der Waals surface area (Å²) in [5.74, 6) is 0. The Bertz CT molecular complexity index is 363. The third kappa shape index (κ3) is 3.29. The average molecular weight is 251 g/mol. The quantitative estimate of drug-likeness (QED) is 0.810. The fraction of sp³-hybridized carbons (Fsp3) is 0.846. The van der Waals surface area contributed by atoms with Gasteiger partial charge in [-0.05, 0) is 27.7 Å². The molecule has 0 amide bonds. The largest absolute Gasteiger partial charge is 0.298 e. The fourth-order valence-electron chi connectivity index (χ4n) is 2.31. The first-order valence-electron chi connectivity index (χ1n) is 6.93. The molecule has 1 aliphatic heterocycles. The number of rotatable bonds is 4. The molecular formula is C13H25N5. The standard InChI is InChI=1S/C13H25N5/c1-11(2)17-7-5-16(6-8-17)9-13-10-18(12(3)4)15-14-13/h10-12H,5-9H2,1-4H3. The number of hydrogen-bond acceptors (Lipinski definition) is 4. The Kier molecular flexibility index (Phi) is 4.35. The van der Waals surface area contributed by atoms with Crippen molar-refractivity contribution in [2.24, 2.45) is 0 Å². The molecule has 0 N–H and O–H groups in total. The Morgan fingerprint density at radius 1 is 1.06 bits per heavy atom. The van der Waals surface area contributed by atoms with Crippen LogP contribution in [0.25, 0.3) is 0 Å². The highest BCUT2D eigenvalue weighted by molar-refractivity contribution is 4.93. The Hall–Kier alpha value is -0.940. The van der Waals surface area contributed by atoms with Crippen LogP contribution in [0.5, 0.6) is 0 Å². The molecule has 1 aromatic rings. The summed E-state index contributed by atoms with van der Waals surface area (Å²) < 4.78 is 1.93. The molecule has 102 valence electrons. The van der Waals surface area contributed by atoms with E-state index in [1.165, 1.54) is 0 Å². The van der Waals surface area contributed by atoms with E-state index in [-0.39, 0.29) is 0 Å². The van der Waals surface area contributed by atoms with Gasteiger partial charge in [0.25, 0.3) is 0 Å². The minimum absolute atomic E-state index is 0.393. The summed E-state index contributed by atoms with van der Waals surface area (Å²) in [6.07, 6.45) is 2.07. The van der Waals surface area contributed by atoms with Crippen molar-refractivity contribution in [3.8, 4) is 0 Å². The van der Waals surface area contributed by atoms with Crippen molar-refractivity contribution in [1.29, 1.82) is 0 Å². The molecule has 0 unspecified atom stereocenters. The van der Waals surface area contributed by atoms with E-state index in [1.807, 2.05) is 4.68 Å². The van der Waals surface area contributed by atoms with Crippen molar-refractivity contribution in [3.63, 3.8) is 0 Å². The minimum atomic E-state index is 0.393. The van der Waals surface area contributed by atoms with Crippen LogP contribution in [0.2, 0.25) is 0 Å². The van der Waals surface area contributed by atoms with Crippen molar-refractivity contribution in [3.05, 3.63) is 11.9 Å². The van der Waals surface area contributed by atoms with Gasteiger partial charge >= 0.3 is 0 Å². The molecule has 0 aliphatic carbocycles. The van der Waals surface area contributed by atoms with Crippen LogP contribution in [0.15, 0.2) is 6.20 Å². The molecule has 1 aromatic heterocycles. The van der Waals surface area contributed by atoms with Crippen LogP contribution in [0.4, 0.5) is 0 Å². The zero-order valence-corrected chi connectivity index (χ0v) is 12.0. The lowest BCUT2D eigenvalue weighted by molar-refractivity contribution is 0.103. The summed E-state index contributed by atoms with van der Waals surface area (Å²) >= 11 is 0. The zero-order valence-electron chi connectivity index (χ0n) is 12.0. The van der Waals surface area contributed by atoms with E-state index in [4.69, 9.17) is 0 Å². The summed E-state index contributed by atoms with van der Waals surface area (Å²) in [7, 11) is 0. The van der Waals surface area contributed by atoms with Crippen molar-refractivity contribution < 1.29 is 0 Å². The Morgan fingerprint density at radius 2 is 1.72 bits per heavy atom. The second kappa shape index (κ2) is 5.80. The second-order valence-corrected chi connectivity index (χ2v) is 5.69. The molecular weight excluding hydrogens is 226 g/mol. The van der Waals surface area contributed by atoms with E-state index in [1.54, 1.807) is 0 Å². The van der Waals surface area contributed by atoms with Gasteiger partial charge in [0, 0.05) is 44.8 Å². The van der Waals surface area contributed by atoms with Gasteiger partial charge in [-0.15, -0.1) is 5.10 Å². The number of aromatic nitrogens is 3. The van der Waals surface area contributed by atoms with Crippen LogP contribution >= 0.6 is 0 Å². The SMILES string of the molecule is CC(C)N1CCN(Cc2cn(C(C)C)nn2)CC1. The fourth-order valence-corrected chi connectivity index (χ4v) is 2.31. The molecule has 1 aliphatic rings. The smallest absolute Gasteiger partial charge is 0.0967 e. The molecule has 1 saturated heterocycles. The first-order chi connectivity index (χ1) is 8.56. The first kappa shape index (κ1) is 13.5. The zero-order chi connectivity index (χ0) is 13.1. The molecule has 0 bridgehead atoms. The van der Waals surface area contributed by atoms with Crippen molar-refractivity contribution in [2.75, 3.05) is 26.2 Å². The van der Waals surface area contributed by atoms with Gasteiger partial charge in [0.2, 0.25) is 0 Å². The molecule has 2 rings (SSSR count). The van der Waals surface area contributed by atoms with Crippen LogP contribution in [-0.4, -0.2) is 57.0 Å². The number of hydrogen-bond donors (Lipinski definition) is 0. The molecule has 1 fully saturated rings. The highest BCUT2D eigenvalue weighted by Gasteiger charge is 2.19. The lowest BCUT2D eigenvalue weighted by Gasteiger charge is -2.36. The summed E-state index contributed by atoms with van der Waals surface area (Å²) in [6, 6.07) is 1.05. The van der Waals surface area contributed by atoms with E-state index >= 15 is 0 Å². The van der Waals surface area contributed by atoms with Gasteiger partial charge in [-0.3, -0.25) is 9.80 Å². The van der Waals surface area contributed by atoms with Crippen LogP contribution < -0.4 is 0 Å². The van der Waals surface area contributed by atoms with Gasteiger partial charge in [-0.1, -0.05) is 5.21 Å². The predicted octanol–water partition coefficient (Wildman–Crippen LogP) is 1.38. The first-order valence-corrected chi connectivity index (χ1v) is 6.93. The molecule has 0 atom stereocenters. The molecule has 5 heteroatoms. The topological polar surface area (TPSA) is 37.2 Å². The maximum atomic E-state index is 4.24. The molecule has 2 heterocycles. The monoisotopic (exact) mass is 251 g/mol. The van der Waals surface area contributed by atoms with E-state index in [2.05, 4.69) is 54.0 Å².